The van der Waals surface area contributed by atoms with E-state index in [2.05, 4.69) is 0 Å². The number of carbonyl (C=O) groups is 3. The Kier molecular flexibility index (Phi) is 6.21. The Bertz CT molecular complexity index is 1440. The Labute approximate surface area is 203 Å². The zero-order valence-corrected chi connectivity index (χ0v) is 20.3. The summed E-state index contributed by atoms with van der Waals surface area (Å²) in [5, 5.41) is 0. The molecule has 2 heterocycles. The van der Waals surface area contributed by atoms with Crippen LogP contribution in [0.25, 0.3) is 6.08 Å². The van der Waals surface area contributed by atoms with Crippen LogP contribution in [0.1, 0.15) is 52.6 Å². The summed E-state index contributed by atoms with van der Waals surface area (Å²) in [5.41, 5.74) is 1.34. The van der Waals surface area contributed by atoms with Gasteiger partial charge in [-0.15, -0.1) is 0 Å². The maximum Gasteiger partial charge on any atom is 0.331 e. The molecule has 0 aliphatic carbocycles. The van der Waals surface area contributed by atoms with Crippen molar-refractivity contribution in [3.8, 4) is 0 Å². The fourth-order valence-electron chi connectivity index (χ4n) is 3.61. The summed E-state index contributed by atoms with van der Waals surface area (Å²) in [4.78, 5) is 38.4. The smallest absolute Gasteiger partial charge is 0.331 e. The van der Waals surface area contributed by atoms with E-state index in [1.807, 2.05) is 0 Å². The molecule has 35 heavy (non-hydrogen) atoms. The number of carbonyl (C=O) groups excluding carboxylic acids is 3. The molecule has 0 saturated heterocycles. The molecule has 0 unspecified atom stereocenters. The van der Waals surface area contributed by atoms with Gasteiger partial charge in [-0.3, -0.25) is 14.5 Å². The van der Waals surface area contributed by atoms with E-state index in [0.717, 1.165) is 14.4 Å². The van der Waals surface area contributed by atoms with Gasteiger partial charge in [0.15, 0.2) is 0 Å². The first kappa shape index (κ1) is 24.2. The van der Waals surface area contributed by atoms with Gasteiger partial charge in [0.2, 0.25) is 0 Å². The van der Waals surface area contributed by atoms with Gasteiger partial charge in [0.25, 0.3) is 21.8 Å². The van der Waals surface area contributed by atoms with E-state index < -0.39 is 27.5 Å². The van der Waals surface area contributed by atoms with Crippen molar-refractivity contribution in [2.24, 2.45) is 0 Å². The largest absolute Gasteiger partial charge is 0.457 e. The lowest BCUT2D eigenvalue weighted by molar-refractivity contribution is -0.148. The average molecular weight is 493 g/mol. The quantitative estimate of drug-likeness (QED) is 0.304. The van der Waals surface area contributed by atoms with Gasteiger partial charge in [0, 0.05) is 29.6 Å². The Hall–Kier alpha value is -3.98. The number of hydrogen-bond donors (Lipinski definition) is 0. The molecule has 180 valence electrons. The zero-order valence-electron chi connectivity index (χ0n) is 19.5. The lowest BCUT2D eigenvalue weighted by atomic mass is 10.1. The minimum absolute atomic E-state index is 0.0247. The van der Waals surface area contributed by atoms with Crippen LogP contribution in [-0.4, -0.2) is 40.7 Å². The molecule has 0 spiro atoms. The van der Waals surface area contributed by atoms with Crippen LogP contribution in [0.5, 0.6) is 0 Å². The van der Waals surface area contributed by atoms with E-state index in [-0.39, 0.29) is 22.9 Å². The van der Waals surface area contributed by atoms with Gasteiger partial charge in [-0.25, -0.2) is 17.2 Å². The third-order valence-electron chi connectivity index (χ3n) is 5.25. The van der Waals surface area contributed by atoms with Gasteiger partial charge in [-0.05, 0) is 74.4 Å². The number of nitrogens with zero attached hydrogens (tertiary/aromatic N) is 2. The predicted octanol–water partition coefficient (Wildman–Crippen LogP) is 3.88. The standard InChI is InChI=1S/C26H24N2O6S/c1-26(2,3)34-23(29)13-8-18-14-15-27(16-18)35(32,33)21-11-9-19(10-12-21)24(30)28-17-20-6-4-5-7-22(20)25(28)31/h4-16H,17H2,1-3H3/b13-8+. The fraction of sp³-hybridized carbons (Fsp3) is 0.192. The Morgan fingerprint density at radius 2 is 1.69 bits per heavy atom. The molecule has 0 fully saturated rings. The van der Waals surface area contributed by atoms with E-state index in [0.29, 0.717) is 11.1 Å². The lowest BCUT2D eigenvalue weighted by Crippen LogP contribution is -2.31. The van der Waals surface area contributed by atoms with Crippen LogP contribution in [0, 0.1) is 0 Å². The molecule has 0 atom stereocenters. The number of ether oxygens (including phenoxy) is 1. The molecule has 9 heteroatoms. The molecular formula is C26H24N2O6S. The minimum Gasteiger partial charge on any atom is -0.457 e. The molecule has 2 amide bonds. The minimum atomic E-state index is -3.93. The molecule has 8 nitrogen and oxygen atoms in total. The first-order valence-corrected chi connectivity index (χ1v) is 12.3. The molecule has 4 rings (SSSR count). The van der Waals surface area contributed by atoms with Crippen molar-refractivity contribution in [2.75, 3.05) is 0 Å². The Morgan fingerprint density at radius 1 is 1.00 bits per heavy atom. The van der Waals surface area contributed by atoms with Crippen molar-refractivity contribution in [3.63, 3.8) is 0 Å². The number of imide groups is 1. The highest BCUT2D eigenvalue weighted by Gasteiger charge is 2.32. The molecule has 1 aromatic heterocycles. The average Bonchev–Trinajstić information content (AvgIpc) is 3.42. The fourth-order valence-corrected chi connectivity index (χ4v) is 4.81. The number of fused-ring (bicyclic) bond motifs is 1. The van der Waals surface area contributed by atoms with Crippen LogP contribution in [0.3, 0.4) is 0 Å². The second-order valence-corrected chi connectivity index (χ2v) is 10.9. The summed E-state index contributed by atoms with van der Waals surface area (Å²) in [6, 6.07) is 14.0. The van der Waals surface area contributed by atoms with E-state index in [1.54, 1.807) is 51.1 Å². The van der Waals surface area contributed by atoms with Crippen molar-refractivity contribution >= 4 is 33.9 Å². The van der Waals surface area contributed by atoms with Gasteiger partial charge in [0.05, 0.1) is 11.4 Å². The molecule has 0 saturated carbocycles. The van der Waals surface area contributed by atoms with Gasteiger partial charge in [-0.2, -0.15) is 0 Å². The van der Waals surface area contributed by atoms with E-state index in [4.69, 9.17) is 4.74 Å². The lowest BCUT2D eigenvalue weighted by Gasteiger charge is -2.17. The second kappa shape index (κ2) is 8.99. The summed E-state index contributed by atoms with van der Waals surface area (Å²) in [6.07, 6.45) is 5.43. The maximum atomic E-state index is 13.0. The predicted molar refractivity (Wildman–Crippen MR) is 129 cm³/mol. The van der Waals surface area contributed by atoms with Gasteiger partial charge >= 0.3 is 5.97 Å². The molecule has 1 aliphatic heterocycles. The van der Waals surface area contributed by atoms with E-state index in [9.17, 15) is 22.8 Å². The number of hydrogen-bond acceptors (Lipinski definition) is 6. The van der Waals surface area contributed by atoms with E-state index >= 15 is 0 Å². The third-order valence-corrected chi connectivity index (χ3v) is 6.90. The summed E-state index contributed by atoms with van der Waals surface area (Å²) in [5.74, 6) is -1.40. The van der Waals surface area contributed by atoms with Crippen LogP contribution in [-0.2, 0) is 26.1 Å². The van der Waals surface area contributed by atoms with Gasteiger partial charge in [-0.1, -0.05) is 18.2 Å². The van der Waals surface area contributed by atoms with Crippen LogP contribution < -0.4 is 0 Å². The van der Waals surface area contributed by atoms with Crippen LogP contribution in [0.15, 0.2) is 78.0 Å². The molecule has 2 aromatic carbocycles. The molecule has 1 aliphatic rings. The van der Waals surface area contributed by atoms with Crippen molar-refractivity contribution in [3.05, 3.63) is 95.3 Å². The highest BCUT2D eigenvalue weighted by Crippen LogP contribution is 2.25. The monoisotopic (exact) mass is 492 g/mol. The molecule has 3 aromatic rings. The van der Waals surface area contributed by atoms with Crippen LogP contribution >= 0.6 is 0 Å². The van der Waals surface area contributed by atoms with Gasteiger partial charge < -0.3 is 4.74 Å². The number of amides is 2. The number of aromatic nitrogens is 1. The number of rotatable bonds is 5. The first-order chi connectivity index (χ1) is 16.5. The van der Waals surface area contributed by atoms with Gasteiger partial charge in [0.1, 0.15) is 5.60 Å². The molecule has 0 radical (unpaired) electrons. The molecule has 0 bridgehead atoms. The zero-order chi connectivity index (χ0) is 25.4. The SMILES string of the molecule is CC(C)(C)OC(=O)/C=C/c1ccn(S(=O)(=O)c2ccc(C(=O)N3Cc4ccccc4C3=O)cc2)c1. The number of benzene rings is 2. The van der Waals surface area contributed by atoms with Crippen molar-refractivity contribution in [1.82, 2.24) is 8.87 Å². The Balaban J connectivity index is 1.48. The summed E-state index contributed by atoms with van der Waals surface area (Å²) in [7, 11) is -3.93. The van der Waals surface area contributed by atoms with Crippen molar-refractivity contribution in [2.45, 2.75) is 37.8 Å². The topological polar surface area (TPSA) is 103 Å². The normalized spacial score (nSPS) is 13.8. The van der Waals surface area contributed by atoms with Crippen LogP contribution in [0.2, 0.25) is 0 Å². The molecule has 0 N–H and O–H groups in total. The first-order valence-electron chi connectivity index (χ1n) is 10.8. The highest BCUT2D eigenvalue weighted by atomic mass is 32.2. The highest BCUT2D eigenvalue weighted by molar-refractivity contribution is 7.90. The van der Waals surface area contributed by atoms with Crippen molar-refractivity contribution in [1.29, 1.82) is 0 Å². The second-order valence-electron chi connectivity index (χ2n) is 9.02. The number of esters is 1. The van der Waals surface area contributed by atoms with E-state index in [1.165, 1.54) is 48.8 Å². The third kappa shape index (κ3) is 5.09. The van der Waals surface area contributed by atoms with Crippen LogP contribution in [0.4, 0.5) is 0 Å². The summed E-state index contributed by atoms with van der Waals surface area (Å²) < 4.78 is 32.2. The van der Waals surface area contributed by atoms with Crippen molar-refractivity contribution < 1.29 is 27.5 Å². The summed E-state index contributed by atoms with van der Waals surface area (Å²) >= 11 is 0. The maximum absolute atomic E-state index is 13.0. The molecular weight excluding hydrogens is 468 g/mol. The summed E-state index contributed by atoms with van der Waals surface area (Å²) in [6.45, 7) is 5.44. The Morgan fingerprint density at radius 3 is 2.34 bits per heavy atom.